The van der Waals surface area contributed by atoms with Crippen LogP contribution in [0.25, 0.3) is 0 Å². The Kier molecular flexibility index (Phi) is 9.27. The highest BCUT2D eigenvalue weighted by molar-refractivity contribution is 7.99. The number of thioether (sulfide) groups is 1. The largest absolute Gasteiger partial charge is 0.316 e. The molecule has 1 rings (SSSR count). The second-order valence-corrected chi connectivity index (χ2v) is 6.81. The van der Waals surface area contributed by atoms with Crippen LogP contribution in [0.3, 0.4) is 0 Å². The molecule has 2 unspecified atom stereocenters. The maximum Gasteiger partial charge on any atom is 0.0200 e. The normalized spacial score (nSPS) is 29.3. The van der Waals surface area contributed by atoms with Crippen molar-refractivity contribution in [2.45, 2.75) is 82.4 Å². The molecule has 1 fully saturated rings. The van der Waals surface area contributed by atoms with E-state index >= 15 is 0 Å². The molecule has 1 N–H and O–H groups in total. The van der Waals surface area contributed by atoms with Crippen molar-refractivity contribution in [1.29, 1.82) is 0 Å². The van der Waals surface area contributed by atoms with Crippen LogP contribution >= 0.6 is 11.8 Å². The Morgan fingerprint density at radius 1 is 0.882 bits per heavy atom. The predicted molar refractivity (Wildman–Crippen MR) is 80.9 cm³/mol. The molecule has 0 amide bonds. The molecule has 102 valence electrons. The van der Waals surface area contributed by atoms with Gasteiger partial charge >= 0.3 is 0 Å². The van der Waals surface area contributed by atoms with Crippen LogP contribution in [0.2, 0.25) is 0 Å². The molecule has 2 atom stereocenters. The van der Waals surface area contributed by atoms with Crippen LogP contribution in [-0.2, 0) is 0 Å². The van der Waals surface area contributed by atoms with E-state index in [1.807, 2.05) is 0 Å². The van der Waals surface area contributed by atoms with E-state index in [1.165, 1.54) is 70.0 Å². The van der Waals surface area contributed by atoms with Gasteiger partial charge in [0, 0.05) is 11.3 Å². The van der Waals surface area contributed by atoms with Gasteiger partial charge in [0.25, 0.3) is 0 Å². The molecule has 2 heteroatoms. The van der Waals surface area contributed by atoms with Gasteiger partial charge in [-0.25, -0.2) is 0 Å². The first-order valence-corrected chi connectivity index (χ1v) is 8.72. The van der Waals surface area contributed by atoms with Gasteiger partial charge in [-0.15, -0.1) is 0 Å². The predicted octanol–water partition coefficient (Wildman–Crippen LogP) is 4.61. The van der Waals surface area contributed by atoms with Crippen LogP contribution in [0.4, 0.5) is 0 Å². The zero-order valence-corrected chi connectivity index (χ0v) is 12.7. The van der Waals surface area contributed by atoms with E-state index < -0.39 is 0 Å². The minimum Gasteiger partial charge on any atom is -0.316 e. The van der Waals surface area contributed by atoms with Crippen LogP contribution in [0.15, 0.2) is 0 Å². The second kappa shape index (κ2) is 10.3. The van der Waals surface area contributed by atoms with Crippen LogP contribution < -0.4 is 5.32 Å². The Morgan fingerprint density at radius 2 is 1.41 bits per heavy atom. The molecule has 0 aromatic heterocycles. The molecule has 0 heterocycles. The number of hydrogen-bond donors (Lipinski definition) is 1. The fourth-order valence-electron chi connectivity index (χ4n) is 2.90. The number of rotatable bonds is 3. The highest BCUT2D eigenvalue weighted by Crippen LogP contribution is 2.25. The standard InChI is InChI=1S/C15H31NS/c1-3-17-15-13-11-9-7-5-4-6-8-10-12-14(15)16-2/h14-16H,3-13H2,1-2H3. The van der Waals surface area contributed by atoms with Crippen LogP contribution in [0.1, 0.15) is 71.1 Å². The summed E-state index contributed by atoms with van der Waals surface area (Å²) >= 11 is 2.17. The van der Waals surface area contributed by atoms with Crippen molar-refractivity contribution in [3.63, 3.8) is 0 Å². The van der Waals surface area contributed by atoms with Gasteiger partial charge in [0.1, 0.15) is 0 Å². The van der Waals surface area contributed by atoms with E-state index in [-0.39, 0.29) is 0 Å². The summed E-state index contributed by atoms with van der Waals surface area (Å²) in [6.45, 7) is 2.30. The summed E-state index contributed by atoms with van der Waals surface area (Å²) in [6.07, 6.45) is 14.4. The number of nitrogens with one attached hydrogen (secondary N) is 1. The van der Waals surface area contributed by atoms with Crippen molar-refractivity contribution in [3.8, 4) is 0 Å². The van der Waals surface area contributed by atoms with E-state index in [9.17, 15) is 0 Å². The first kappa shape index (κ1) is 15.4. The molecule has 1 nitrogen and oxygen atoms in total. The third-order valence-corrected chi connectivity index (χ3v) is 5.28. The Labute approximate surface area is 113 Å². The summed E-state index contributed by atoms with van der Waals surface area (Å²) in [7, 11) is 2.15. The summed E-state index contributed by atoms with van der Waals surface area (Å²) in [5.41, 5.74) is 0. The fourth-order valence-corrected chi connectivity index (χ4v) is 4.17. The minimum absolute atomic E-state index is 0.749. The summed E-state index contributed by atoms with van der Waals surface area (Å²) in [5, 5.41) is 4.42. The zero-order valence-electron chi connectivity index (χ0n) is 11.8. The van der Waals surface area contributed by atoms with Crippen molar-refractivity contribution in [3.05, 3.63) is 0 Å². The summed E-state index contributed by atoms with van der Waals surface area (Å²) in [6, 6.07) is 0.749. The average Bonchev–Trinajstić information content (AvgIpc) is 2.33. The Bertz CT molecular complexity index is 172. The lowest BCUT2D eigenvalue weighted by molar-refractivity contribution is 0.434. The van der Waals surface area contributed by atoms with E-state index in [0.717, 1.165) is 11.3 Å². The van der Waals surface area contributed by atoms with Gasteiger partial charge < -0.3 is 5.32 Å². The molecule has 17 heavy (non-hydrogen) atoms. The Balaban J connectivity index is 2.42. The lowest BCUT2D eigenvalue weighted by Crippen LogP contribution is -2.36. The first-order chi connectivity index (χ1) is 8.38. The molecule has 0 saturated heterocycles. The van der Waals surface area contributed by atoms with E-state index in [2.05, 4.69) is 31.1 Å². The van der Waals surface area contributed by atoms with E-state index in [4.69, 9.17) is 0 Å². The maximum absolute atomic E-state index is 3.57. The van der Waals surface area contributed by atoms with Crippen LogP contribution in [0, 0.1) is 0 Å². The third kappa shape index (κ3) is 6.71. The fraction of sp³-hybridized carbons (Fsp3) is 1.00. The van der Waals surface area contributed by atoms with Crippen molar-refractivity contribution in [2.75, 3.05) is 12.8 Å². The number of hydrogen-bond acceptors (Lipinski definition) is 2. The van der Waals surface area contributed by atoms with Crippen molar-refractivity contribution >= 4 is 11.8 Å². The molecule has 0 bridgehead atoms. The van der Waals surface area contributed by atoms with Crippen LogP contribution in [0.5, 0.6) is 0 Å². The molecule has 1 saturated carbocycles. The highest BCUT2D eigenvalue weighted by Gasteiger charge is 2.19. The third-order valence-electron chi connectivity index (χ3n) is 3.95. The summed E-state index contributed by atoms with van der Waals surface area (Å²) in [4.78, 5) is 0. The second-order valence-electron chi connectivity index (χ2n) is 5.29. The zero-order chi connectivity index (χ0) is 12.3. The molecule has 0 aromatic carbocycles. The van der Waals surface area contributed by atoms with Crippen molar-refractivity contribution < 1.29 is 0 Å². The molecule has 1 aliphatic rings. The lowest BCUT2D eigenvalue weighted by Gasteiger charge is -2.27. The molecular formula is C15H31NS. The summed E-state index contributed by atoms with van der Waals surface area (Å²) < 4.78 is 0. The van der Waals surface area contributed by atoms with Crippen molar-refractivity contribution in [2.24, 2.45) is 0 Å². The highest BCUT2D eigenvalue weighted by atomic mass is 32.2. The monoisotopic (exact) mass is 257 g/mol. The molecule has 0 aliphatic heterocycles. The van der Waals surface area contributed by atoms with Gasteiger partial charge in [-0.1, -0.05) is 58.3 Å². The maximum atomic E-state index is 3.57. The molecule has 0 spiro atoms. The Morgan fingerprint density at radius 3 is 1.94 bits per heavy atom. The topological polar surface area (TPSA) is 12.0 Å². The molecule has 1 aliphatic carbocycles. The van der Waals surface area contributed by atoms with E-state index in [1.54, 1.807) is 0 Å². The minimum atomic E-state index is 0.749. The van der Waals surface area contributed by atoms with Gasteiger partial charge in [-0.2, -0.15) is 11.8 Å². The van der Waals surface area contributed by atoms with Gasteiger partial charge in [0.05, 0.1) is 0 Å². The van der Waals surface area contributed by atoms with Crippen LogP contribution in [-0.4, -0.2) is 24.1 Å². The molecule has 0 radical (unpaired) electrons. The Hall–Kier alpha value is 0.310. The lowest BCUT2D eigenvalue weighted by atomic mass is 9.97. The average molecular weight is 257 g/mol. The SMILES string of the molecule is CCSC1CCCCCCCCCCC1NC. The van der Waals surface area contributed by atoms with Gasteiger partial charge in [0.2, 0.25) is 0 Å². The van der Waals surface area contributed by atoms with Gasteiger partial charge in [-0.05, 0) is 25.6 Å². The molecule has 0 aromatic rings. The van der Waals surface area contributed by atoms with E-state index in [0.29, 0.717) is 0 Å². The molecular weight excluding hydrogens is 226 g/mol. The smallest absolute Gasteiger partial charge is 0.0200 e. The quantitative estimate of drug-likeness (QED) is 0.792. The van der Waals surface area contributed by atoms with Gasteiger partial charge in [-0.3, -0.25) is 0 Å². The summed E-state index contributed by atoms with van der Waals surface area (Å²) in [5.74, 6) is 1.27. The first-order valence-electron chi connectivity index (χ1n) is 7.67. The van der Waals surface area contributed by atoms with Gasteiger partial charge in [0.15, 0.2) is 0 Å². The van der Waals surface area contributed by atoms with Crippen molar-refractivity contribution in [1.82, 2.24) is 5.32 Å².